The van der Waals surface area contributed by atoms with E-state index in [1.165, 1.54) is 0 Å². The van der Waals surface area contributed by atoms with E-state index in [2.05, 4.69) is 5.32 Å². The molecule has 0 aliphatic carbocycles. The number of ether oxygens (including phenoxy) is 2. The van der Waals surface area contributed by atoms with Gasteiger partial charge in [0.1, 0.15) is 11.3 Å². The lowest BCUT2D eigenvalue weighted by Gasteiger charge is -2.07. The smallest absolute Gasteiger partial charge is 0.310 e. The Kier molecular flexibility index (Phi) is 5.99. The van der Waals surface area contributed by atoms with E-state index in [4.69, 9.17) is 13.9 Å². The Labute approximate surface area is 163 Å². The zero-order chi connectivity index (χ0) is 20.1. The van der Waals surface area contributed by atoms with Crippen LogP contribution in [0.15, 0.2) is 47.1 Å². The van der Waals surface area contributed by atoms with E-state index in [-0.39, 0.29) is 18.9 Å². The van der Waals surface area contributed by atoms with E-state index in [0.29, 0.717) is 6.54 Å². The number of aryl methyl sites for hydroxylation is 2. The van der Waals surface area contributed by atoms with Crippen LogP contribution in [-0.2, 0) is 27.3 Å². The molecule has 1 amide bonds. The minimum absolute atomic E-state index is 0.0568. The summed E-state index contributed by atoms with van der Waals surface area (Å²) in [6.45, 7) is 4.03. The minimum atomic E-state index is -0.472. The molecule has 1 N–H and O–H groups in total. The molecule has 0 fully saturated rings. The van der Waals surface area contributed by atoms with E-state index in [0.717, 1.165) is 39.0 Å². The van der Waals surface area contributed by atoms with E-state index in [1.54, 1.807) is 13.4 Å². The largest absolute Gasteiger partial charge is 0.497 e. The molecule has 1 aromatic heterocycles. The van der Waals surface area contributed by atoms with Crippen molar-refractivity contribution >= 4 is 22.8 Å². The maximum Gasteiger partial charge on any atom is 0.310 e. The molecule has 0 radical (unpaired) electrons. The van der Waals surface area contributed by atoms with E-state index < -0.39 is 5.97 Å². The molecule has 146 valence electrons. The first kappa shape index (κ1) is 19.5. The van der Waals surface area contributed by atoms with Gasteiger partial charge in [0, 0.05) is 17.5 Å². The summed E-state index contributed by atoms with van der Waals surface area (Å²) in [6, 6.07) is 11.3. The average molecular weight is 381 g/mol. The lowest BCUT2D eigenvalue weighted by Crippen LogP contribution is -2.28. The number of hydrogen-bond donors (Lipinski definition) is 1. The van der Waals surface area contributed by atoms with Crippen molar-refractivity contribution in [3.8, 4) is 5.75 Å². The van der Waals surface area contributed by atoms with Gasteiger partial charge in [-0.1, -0.05) is 24.3 Å². The maximum absolute atomic E-state index is 12.1. The Morgan fingerprint density at radius 1 is 1.07 bits per heavy atom. The summed E-state index contributed by atoms with van der Waals surface area (Å²) in [6.07, 6.45) is 1.63. The fraction of sp³-hybridized carbons (Fsp3) is 0.273. The van der Waals surface area contributed by atoms with Crippen LogP contribution in [0, 0.1) is 13.8 Å². The second-order valence-electron chi connectivity index (χ2n) is 6.61. The summed E-state index contributed by atoms with van der Waals surface area (Å²) < 4.78 is 15.8. The third-order valence-corrected chi connectivity index (χ3v) is 4.69. The van der Waals surface area contributed by atoms with Crippen LogP contribution in [-0.4, -0.2) is 25.6 Å². The van der Waals surface area contributed by atoms with Gasteiger partial charge in [0.15, 0.2) is 6.61 Å². The Balaban J connectivity index is 1.48. The van der Waals surface area contributed by atoms with Gasteiger partial charge in [-0.05, 0) is 42.7 Å². The van der Waals surface area contributed by atoms with Gasteiger partial charge in [-0.2, -0.15) is 0 Å². The zero-order valence-electron chi connectivity index (χ0n) is 16.2. The average Bonchev–Trinajstić information content (AvgIpc) is 3.11. The first-order valence-electron chi connectivity index (χ1n) is 8.99. The number of hydrogen-bond acceptors (Lipinski definition) is 5. The lowest BCUT2D eigenvalue weighted by molar-refractivity contribution is -0.147. The highest BCUT2D eigenvalue weighted by Gasteiger charge is 2.14. The Morgan fingerprint density at radius 2 is 1.82 bits per heavy atom. The van der Waals surface area contributed by atoms with Gasteiger partial charge >= 0.3 is 5.97 Å². The summed E-state index contributed by atoms with van der Waals surface area (Å²) in [5.41, 5.74) is 4.64. The number of carbonyl (C=O) groups excluding carboxylic acids is 2. The molecule has 2 aromatic carbocycles. The summed E-state index contributed by atoms with van der Waals surface area (Å²) in [4.78, 5) is 24.0. The van der Waals surface area contributed by atoms with Gasteiger partial charge in [0.05, 0.1) is 19.8 Å². The van der Waals surface area contributed by atoms with E-state index in [9.17, 15) is 9.59 Å². The summed E-state index contributed by atoms with van der Waals surface area (Å²) in [5, 5.41) is 3.61. The highest BCUT2D eigenvalue weighted by Crippen LogP contribution is 2.26. The number of esters is 1. The van der Waals surface area contributed by atoms with Crippen molar-refractivity contribution in [2.24, 2.45) is 0 Å². The summed E-state index contributed by atoms with van der Waals surface area (Å²) in [7, 11) is 1.60. The van der Waals surface area contributed by atoms with Crippen LogP contribution in [0.5, 0.6) is 5.75 Å². The molecule has 0 atom stereocenters. The quantitative estimate of drug-likeness (QED) is 0.634. The molecule has 0 aliphatic heterocycles. The predicted octanol–water partition coefficient (Wildman–Crippen LogP) is 3.46. The van der Waals surface area contributed by atoms with E-state index in [1.807, 2.05) is 50.2 Å². The van der Waals surface area contributed by atoms with Crippen LogP contribution in [0.2, 0.25) is 0 Å². The SMILES string of the molecule is COc1ccc(CNC(=O)COC(=O)Cc2coc3c(C)c(C)ccc23)cc1. The number of nitrogens with one attached hydrogen (secondary N) is 1. The normalized spacial score (nSPS) is 10.7. The van der Waals surface area contributed by atoms with Crippen LogP contribution in [0.25, 0.3) is 11.0 Å². The van der Waals surface area contributed by atoms with Crippen molar-refractivity contribution < 1.29 is 23.5 Å². The highest BCUT2D eigenvalue weighted by molar-refractivity contribution is 5.89. The number of amides is 1. The van der Waals surface area contributed by atoms with Gasteiger partial charge in [-0.3, -0.25) is 9.59 Å². The fourth-order valence-corrected chi connectivity index (χ4v) is 2.87. The summed E-state index contributed by atoms with van der Waals surface area (Å²) in [5.74, 6) is -0.0747. The van der Waals surface area contributed by atoms with Gasteiger partial charge < -0.3 is 19.2 Å². The van der Waals surface area contributed by atoms with Gasteiger partial charge in [0.2, 0.25) is 0 Å². The Morgan fingerprint density at radius 3 is 2.54 bits per heavy atom. The first-order valence-corrected chi connectivity index (χ1v) is 8.99. The number of furan rings is 1. The molecule has 0 bridgehead atoms. The molecule has 0 saturated carbocycles. The molecule has 0 aliphatic rings. The molecule has 0 spiro atoms. The van der Waals surface area contributed by atoms with Gasteiger partial charge in [-0.25, -0.2) is 0 Å². The molecule has 0 saturated heterocycles. The Hall–Kier alpha value is -3.28. The van der Waals surface area contributed by atoms with Crippen LogP contribution < -0.4 is 10.1 Å². The molecule has 1 heterocycles. The van der Waals surface area contributed by atoms with Crippen LogP contribution in [0.3, 0.4) is 0 Å². The van der Waals surface area contributed by atoms with Crippen molar-refractivity contribution in [3.05, 3.63) is 64.9 Å². The molecular formula is C22H23NO5. The van der Waals surface area contributed by atoms with Crippen molar-refractivity contribution in [3.63, 3.8) is 0 Å². The second-order valence-corrected chi connectivity index (χ2v) is 6.61. The molecule has 3 aromatic rings. The number of rotatable bonds is 7. The van der Waals surface area contributed by atoms with Crippen LogP contribution in [0.1, 0.15) is 22.3 Å². The number of fused-ring (bicyclic) bond motifs is 1. The monoisotopic (exact) mass is 381 g/mol. The van der Waals surface area contributed by atoms with Crippen LogP contribution in [0.4, 0.5) is 0 Å². The van der Waals surface area contributed by atoms with Crippen molar-refractivity contribution in [2.75, 3.05) is 13.7 Å². The molecule has 6 heteroatoms. The fourth-order valence-electron chi connectivity index (χ4n) is 2.87. The van der Waals surface area contributed by atoms with Crippen molar-refractivity contribution in [2.45, 2.75) is 26.8 Å². The highest BCUT2D eigenvalue weighted by atomic mass is 16.5. The third-order valence-electron chi connectivity index (χ3n) is 4.69. The predicted molar refractivity (Wildman–Crippen MR) is 105 cm³/mol. The van der Waals surface area contributed by atoms with Crippen LogP contribution >= 0.6 is 0 Å². The topological polar surface area (TPSA) is 77.8 Å². The summed E-state index contributed by atoms with van der Waals surface area (Å²) >= 11 is 0. The number of benzene rings is 2. The molecular weight excluding hydrogens is 358 g/mol. The number of methoxy groups -OCH3 is 1. The molecule has 28 heavy (non-hydrogen) atoms. The third kappa shape index (κ3) is 4.52. The first-order chi connectivity index (χ1) is 13.5. The maximum atomic E-state index is 12.1. The second kappa shape index (κ2) is 8.61. The van der Waals surface area contributed by atoms with Gasteiger partial charge in [-0.15, -0.1) is 0 Å². The van der Waals surface area contributed by atoms with Crippen molar-refractivity contribution in [1.82, 2.24) is 5.32 Å². The molecule has 0 unspecified atom stereocenters. The lowest BCUT2D eigenvalue weighted by atomic mass is 10.0. The van der Waals surface area contributed by atoms with Crippen molar-refractivity contribution in [1.29, 1.82) is 0 Å². The molecule has 3 rings (SSSR count). The minimum Gasteiger partial charge on any atom is -0.497 e. The van der Waals surface area contributed by atoms with Gasteiger partial charge in [0.25, 0.3) is 5.91 Å². The Bertz CT molecular complexity index is 988. The van der Waals surface area contributed by atoms with E-state index >= 15 is 0 Å². The molecule has 6 nitrogen and oxygen atoms in total. The zero-order valence-corrected chi connectivity index (χ0v) is 16.2. The number of carbonyl (C=O) groups is 2. The standard InChI is InChI=1S/C22H23NO5/c1-14-4-9-19-17(12-28-22(19)15(14)2)10-21(25)27-13-20(24)23-11-16-5-7-18(26-3)8-6-16/h4-9,12H,10-11,13H2,1-3H3,(H,23,24).